The van der Waals surface area contributed by atoms with Crippen LogP contribution in [0.3, 0.4) is 0 Å². The van der Waals surface area contributed by atoms with Gasteiger partial charge in [0.2, 0.25) is 5.91 Å². The quantitative estimate of drug-likeness (QED) is 0.501. The standard InChI is InChI=1S/C27H29N5O6/c1-17-10-22(31-38-17)27(35)32-9-7-24-23(15-32)30-25(33)6-3-8-29-26(34)19-12-21(14-28-13-19)37-20-5-2-4-18(11-20)16-36-24/h2,4-5,10-14,23-24H,3,6-9,15-16H2,1H3,(H,29,34)(H,30,33)/t23-,24-/m0/s1. The van der Waals surface area contributed by atoms with Crippen LogP contribution in [0, 0.1) is 6.92 Å². The minimum atomic E-state index is -0.410. The molecule has 1 saturated heterocycles. The van der Waals surface area contributed by atoms with E-state index in [4.69, 9.17) is 14.0 Å². The lowest BCUT2D eigenvalue weighted by Crippen LogP contribution is -2.57. The first kappa shape index (κ1) is 25.4. The van der Waals surface area contributed by atoms with Gasteiger partial charge in [-0.2, -0.15) is 0 Å². The molecule has 3 aromatic rings. The van der Waals surface area contributed by atoms with Gasteiger partial charge in [-0.3, -0.25) is 19.4 Å². The first-order valence-electron chi connectivity index (χ1n) is 12.6. The number of ether oxygens (including phenoxy) is 2. The number of aromatic nitrogens is 2. The number of carbonyl (C=O) groups is 3. The fourth-order valence-electron chi connectivity index (χ4n) is 4.55. The maximum atomic E-state index is 13.0. The van der Waals surface area contributed by atoms with Gasteiger partial charge in [-0.1, -0.05) is 17.3 Å². The molecule has 2 aliphatic heterocycles. The number of nitrogens with one attached hydrogen (secondary N) is 2. The summed E-state index contributed by atoms with van der Waals surface area (Å²) in [6, 6.07) is 10.3. The van der Waals surface area contributed by atoms with Crippen LogP contribution in [0.2, 0.25) is 0 Å². The molecule has 4 bridgehead atoms. The average Bonchev–Trinajstić information content (AvgIpc) is 3.36. The van der Waals surface area contributed by atoms with Crippen LogP contribution >= 0.6 is 0 Å². The van der Waals surface area contributed by atoms with E-state index < -0.39 is 6.04 Å². The van der Waals surface area contributed by atoms with E-state index in [2.05, 4.69) is 20.8 Å². The highest BCUT2D eigenvalue weighted by atomic mass is 16.5. The van der Waals surface area contributed by atoms with Gasteiger partial charge in [0.1, 0.15) is 17.3 Å². The van der Waals surface area contributed by atoms with Crippen molar-refractivity contribution in [2.75, 3.05) is 19.6 Å². The second-order valence-electron chi connectivity index (χ2n) is 9.40. The van der Waals surface area contributed by atoms with Crippen molar-refractivity contribution in [3.63, 3.8) is 0 Å². The van der Waals surface area contributed by atoms with E-state index in [0.29, 0.717) is 55.4 Å². The van der Waals surface area contributed by atoms with Gasteiger partial charge in [0.25, 0.3) is 11.8 Å². The Morgan fingerprint density at radius 2 is 2.03 bits per heavy atom. The Labute approximate surface area is 219 Å². The summed E-state index contributed by atoms with van der Waals surface area (Å²) in [6.45, 7) is 3.08. The number of rotatable bonds is 1. The van der Waals surface area contributed by atoms with Crippen LogP contribution in [-0.4, -0.2) is 64.5 Å². The van der Waals surface area contributed by atoms with Crippen molar-refractivity contribution in [2.24, 2.45) is 0 Å². The molecule has 0 aliphatic carbocycles. The molecule has 2 aromatic heterocycles. The predicted octanol–water partition coefficient (Wildman–Crippen LogP) is 2.61. The summed E-state index contributed by atoms with van der Waals surface area (Å²) in [5.74, 6) is 0.855. The Morgan fingerprint density at radius 1 is 1.13 bits per heavy atom. The van der Waals surface area contributed by atoms with Crippen molar-refractivity contribution in [1.29, 1.82) is 0 Å². The van der Waals surface area contributed by atoms with Crippen LogP contribution in [0.15, 0.2) is 53.3 Å². The van der Waals surface area contributed by atoms with Crippen LogP contribution in [0.25, 0.3) is 0 Å². The van der Waals surface area contributed by atoms with Gasteiger partial charge in [0.05, 0.1) is 30.5 Å². The third kappa shape index (κ3) is 6.17. The summed E-state index contributed by atoms with van der Waals surface area (Å²) in [4.78, 5) is 44.1. The molecule has 1 aromatic carbocycles. The smallest absolute Gasteiger partial charge is 0.276 e. The molecule has 5 rings (SSSR count). The first-order valence-corrected chi connectivity index (χ1v) is 12.6. The normalized spacial score (nSPS) is 20.7. The molecule has 198 valence electrons. The predicted molar refractivity (Wildman–Crippen MR) is 135 cm³/mol. The molecule has 0 saturated carbocycles. The van der Waals surface area contributed by atoms with E-state index in [1.807, 2.05) is 24.3 Å². The van der Waals surface area contributed by atoms with Gasteiger partial charge in [-0.15, -0.1) is 0 Å². The van der Waals surface area contributed by atoms with Gasteiger partial charge in [0.15, 0.2) is 5.69 Å². The van der Waals surface area contributed by atoms with Crippen molar-refractivity contribution in [2.45, 2.75) is 44.9 Å². The Kier molecular flexibility index (Phi) is 7.64. The highest BCUT2D eigenvalue weighted by Crippen LogP contribution is 2.24. The molecule has 38 heavy (non-hydrogen) atoms. The second-order valence-corrected chi connectivity index (χ2v) is 9.40. The SMILES string of the molecule is Cc1cc(C(=O)N2CC[C@@H]3OCc4cccc(c4)Oc4cncc(c4)C(=O)NCCCC(=O)N[C@H]3C2)no1. The maximum Gasteiger partial charge on any atom is 0.276 e. The van der Waals surface area contributed by atoms with E-state index in [1.54, 1.807) is 30.2 Å². The molecular weight excluding hydrogens is 490 g/mol. The fraction of sp³-hybridized carbons (Fsp3) is 0.370. The third-order valence-electron chi connectivity index (χ3n) is 6.47. The molecule has 11 heteroatoms. The minimum Gasteiger partial charge on any atom is -0.456 e. The molecular formula is C27H29N5O6. The zero-order valence-corrected chi connectivity index (χ0v) is 21.0. The fourth-order valence-corrected chi connectivity index (χ4v) is 4.55. The number of piperidine rings is 1. The summed E-state index contributed by atoms with van der Waals surface area (Å²) in [7, 11) is 0. The van der Waals surface area contributed by atoms with Crippen LogP contribution in [0.1, 0.15) is 51.4 Å². The van der Waals surface area contributed by atoms with Gasteiger partial charge in [0, 0.05) is 38.3 Å². The number of likely N-dealkylation sites (tertiary alicyclic amines) is 1. The number of carbonyl (C=O) groups excluding carboxylic acids is 3. The number of hydrogen-bond donors (Lipinski definition) is 2. The van der Waals surface area contributed by atoms with Gasteiger partial charge < -0.3 is 29.5 Å². The molecule has 11 nitrogen and oxygen atoms in total. The van der Waals surface area contributed by atoms with Gasteiger partial charge >= 0.3 is 0 Å². The summed E-state index contributed by atoms with van der Waals surface area (Å²) in [5, 5.41) is 9.69. The van der Waals surface area contributed by atoms with E-state index in [1.165, 1.54) is 6.20 Å². The number of amides is 3. The van der Waals surface area contributed by atoms with E-state index >= 15 is 0 Å². The molecule has 1 fully saturated rings. The zero-order valence-electron chi connectivity index (χ0n) is 21.0. The highest BCUT2D eigenvalue weighted by Gasteiger charge is 2.34. The number of hydrogen-bond acceptors (Lipinski definition) is 8. The van der Waals surface area contributed by atoms with Crippen LogP contribution in [0.5, 0.6) is 11.5 Å². The topological polar surface area (TPSA) is 136 Å². The number of nitrogens with zero attached hydrogens (tertiary/aromatic N) is 3. The Hall–Kier alpha value is -4.25. The van der Waals surface area contributed by atoms with Crippen LogP contribution in [0.4, 0.5) is 0 Å². The highest BCUT2D eigenvalue weighted by molar-refractivity contribution is 5.94. The van der Waals surface area contributed by atoms with E-state index in [-0.39, 0.29) is 42.5 Å². The number of aryl methyl sites for hydroxylation is 1. The second kappa shape index (κ2) is 11.4. The molecule has 2 atom stereocenters. The zero-order chi connectivity index (χ0) is 26.5. The number of fused-ring (bicyclic) bond motifs is 5. The molecule has 3 amide bonds. The van der Waals surface area contributed by atoms with E-state index in [0.717, 1.165) is 5.56 Å². The lowest BCUT2D eigenvalue weighted by atomic mass is 10.0. The van der Waals surface area contributed by atoms with Crippen LogP contribution in [-0.2, 0) is 16.1 Å². The molecule has 0 radical (unpaired) electrons. The lowest BCUT2D eigenvalue weighted by Gasteiger charge is -2.38. The third-order valence-corrected chi connectivity index (χ3v) is 6.47. The largest absolute Gasteiger partial charge is 0.456 e. The molecule has 0 spiro atoms. The van der Waals surface area contributed by atoms with Crippen molar-refractivity contribution in [3.05, 3.63) is 71.4 Å². The monoisotopic (exact) mass is 519 g/mol. The Bertz CT molecular complexity index is 1320. The Balaban J connectivity index is 1.34. The minimum absolute atomic E-state index is 0.176. The molecule has 2 aliphatic rings. The molecule has 0 unspecified atom stereocenters. The first-order chi connectivity index (χ1) is 18.4. The van der Waals surface area contributed by atoms with Gasteiger partial charge in [-0.25, -0.2) is 0 Å². The molecule has 4 heterocycles. The summed E-state index contributed by atoms with van der Waals surface area (Å²) in [6.07, 6.45) is 3.91. The van der Waals surface area contributed by atoms with Crippen molar-refractivity contribution in [3.8, 4) is 11.5 Å². The van der Waals surface area contributed by atoms with Crippen molar-refractivity contribution in [1.82, 2.24) is 25.7 Å². The number of pyridine rings is 1. The van der Waals surface area contributed by atoms with Crippen molar-refractivity contribution >= 4 is 17.7 Å². The maximum absolute atomic E-state index is 13.0. The van der Waals surface area contributed by atoms with E-state index in [9.17, 15) is 14.4 Å². The van der Waals surface area contributed by atoms with Gasteiger partial charge in [-0.05, 0) is 43.5 Å². The molecule has 2 N–H and O–H groups in total. The summed E-state index contributed by atoms with van der Waals surface area (Å²) < 4.78 is 17.3. The average molecular weight is 520 g/mol. The summed E-state index contributed by atoms with van der Waals surface area (Å²) >= 11 is 0. The number of benzene rings is 1. The van der Waals surface area contributed by atoms with Crippen LogP contribution < -0.4 is 15.4 Å². The lowest BCUT2D eigenvalue weighted by molar-refractivity contribution is -0.124. The summed E-state index contributed by atoms with van der Waals surface area (Å²) in [5.41, 5.74) is 1.48. The Morgan fingerprint density at radius 3 is 2.87 bits per heavy atom. The van der Waals surface area contributed by atoms with Crippen molar-refractivity contribution < 1.29 is 28.4 Å².